The van der Waals surface area contributed by atoms with Crippen molar-refractivity contribution in [3.63, 3.8) is 0 Å². The number of β-amino-alcohol motifs (C(OH)–C–C–N with tert-alkyl or cyclic N) is 1. The number of aliphatic hydroxyl groups is 1. The molecule has 4 heterocycles. The van der Waals surface area contributed by atoms with Gasteiger partial charge in [0, 0.05) is 52.0 Å². The third kappa shape index (κ3) is 28.9. The number of hydrogen-bond acceptors (Lipinski definition) is 21. The van der Waals surface area contributed by atoms with Crippen molar-refractivity contribution in [1.29, 1.82) is 0 Å². The molecule has 4 rings (SSSR count). The fourth-order valence-corrected chi connectivity index (χ4v) is 8.47. The van der Waals surface area contributed by atoms with Crippen LogP contribution in [0.3, 0.4) is 0 Å². The Morgan fingerprint density at radius 2 is 0.674 bits per heavy atom. The minimum absolute atomic E-state index is 0. The van der Waals surface area contributed by atoms with Crippen molar-refractivity contribution in [1.82, 2.24) is 24.5 Å². The van der Waals surface area contributed by atoms with E-state index in [4.69, 9.17) is 37.9 Å². The van der Waals surface area contributed by atoms with Crippen LogP contribution in [0.4, 0.5) is 19.2 Å². The molecule has 3 radical (unpaired) electrons. The van der Waals surface area contributed by atoms with Crippen LogP contribution in [0.15, 0.2) is 11.8 Å². The molecule has 4 amide bonds. The van der Waals surface area contributed by atoms with Crippen LogP contribution in [-0.4, -0.2) is 219 Å². The first-order valence-corrected chi connectivity index (χ1v) is 29.2. The summed E-state index contributed by atoms with van der Waals surface area (Å²) in [5.74, 6) is -4.53. The highest BCUT2D eigenvalue weighted by Gasteiger charge is 2.52. The summed E-state index contributed by atoms with van der Waals surface area (Å²) in [6.45, 7) is 46.3. The van der Waals surface area contributed by atoms with E-state index in [1.807, 2.05) is 0 Å². The normalized spacial score (nSPS) is 22.7. The minimum atomic E-state index is -1.10. The molecular weight excluding hydrogens is 1160 g/mol. The quantitative estimate of drug-likeness (QED) is 0.117. The molecule has 4 fully saturated rings. The van der Waals surface area contributed by atoms with Gasteiger partial charge < -0.3 is 47.9 Å². The zero-order chi connectivity index (χ0) is 68.6. The molecular formula is C63H109BN5O20. The molecule has 25 nitrogen and oxygen atoms in total. The van der Waals surface area contributed by atoms with Crippen molar-refractivity contribution in [2.45, 2.75) is 269 Å². The summed E-state index contributed by atoms with van der Waals surface area (Å²) in [6.07, 6.45) is -1.89. The van der Waals surface area contributed by atoms with Gasteiger partial charge in [-0.2, -0.15) is 0 Å². The van der Waals surface area contributed by atoms with E-state index in [1.54, 1.807) is 212 Å². The average molecular weight is 1270 g/mol. The van der Waals surface area contributed by atoms with Crippen LogP contribution >= 0.6 is 0 Å². The maximum atomic E-state index is 12.6. The Morgan fingerprint density at radius 3 is 0.955 bits per heavy atom. The molecule has 8 atom stereocenters. The van der Waals surface area contributed by atoms with Gasteiger partial charge in [0.1, 0.15) is 62.9 Å². The van der Waals surface area contributed by atoms with Gasteiger partial charge >= 0.3 is 48.3 Å². The van der Waals surface area contributed by atoms with Crippen LogP contribution in [0.25, 0.3) is 0 Å². The largest absolute Gasteiger partial charge is 0.458 e. The number of hydrogen-bond donors (Lipinski definition) is 1. The number of rotatable bonds is 5. The lowest BCUT2D eigenvalue weighted by molar-refractivity contribution is -0.162. The second-order valence-corrected chi connectivity index (χ2v) is 30.2. The second-order valence-electron chi connectivity index (χ2n) is 30.2. The number of Topliss-reactive ketones (excluding diaryl/α,β-unsaturated/α-hetero) is 3. The topological polar surface area (TPSA) is 298 Å². The average Bonchev–Trinajstić information content (AvgIpc) is 3.95. The van der Waals surface area contributed by atoms with E-state index in [9.17, 15) is 57.8 Å². The summed E-state index contributed by atoms with van der Waals surface area (Å²) in [5, 5.41) is 9.98. The van der Waals surface area contributed by atoms with Gasteiger partial charge in [0.25, 0.3) is 0 Å². The first-order valence-electron chi connectivity index (χ1n) is 29.2. The Labute approximate surface area is 531 Å². The Morgan fingerprint density at radius 1 is 0.416 bits per heavy atom. The predicted molar refractivity (Wildman–Crippen MR) is 333 cm³/mol. The Hall–Kier alpha value is -6.47. The highest BCUT2D eigenvalue weighted by Crippen LogP contribution is 2.32. The maximum Gasteiger partial charge on any atom is 0.411 e. The smallest absolute Gasteiger partial charge is 0.411 e. The number of ether oxygens (including phenoxy) is 8. The third-order valence-corrected chi connectivity index (χ3v) is 11.8. The number of ketones is 3. The summed E-state index contributed by atoms with van der Waals surface area (Å²) >= 11 is 0. The minimum Gasteiger partial charge on any atom is -0.458 e. The van der Waals surface area contributed by atoms with E-state index in [0.717, 1.165) is 14.7 Å². The van der Waals surface area contributed by atoms with Gasteiger partial charge in [-0.1, -0.05) is 28.2 Å². The van der Waals surface area contributed by atoms with Gasteiger partial charge in [0.05, 0.1) is 32.3 Å². The summed E-state index contributed by atoms with van der Waals surface area (Å²) in [7, 11) is 3.48. The Kier molecular flexibility index (Phi) is 30.0. The first kappa shape index (κ1) is 84.6. The van der Waals surface area contributed by atoms with Gasteiger partial charge in [-0.25, -0.2) is 38.4 Å². The molecule has 509 valence electrons. The monoisotopic (exact) mass is 1270 g/mol. The van der Waals surface area contributed by atoms with E-state index in [2.05, 4.69) is 0 Å². The molecule has 0 bridgehead atoms. The van der Waals surface area contributed by atoms with E-state index in [-0.39, 0.29) is 64.9 Å². The molecule has 4 saturated heterocycles. The molecule has 4 aliphatic rings. The van der Waals surface area contributed by atoms with Crippen LogP contribution < -0.4 is 0 Å². The third-order valence-electron chi connectivity index (χ3n) is 11.8. The number of carbonyl (C=O) groups excluding carboxylic acids is 11. The number of amides is 4. The van der Waals surface area contributed by atoms with Crippen LogP contribution in [0, 0.1) is 17.8 Å². The van der Waals surface area contributed by atoms with Gasteiger partial charge in [-0.15, -0.1) is 0 Å². The van der Waals surface area contributed by atoms with Crippen LogP contribution in [0.2, 0.25) is 0 Å². The molecule has 89 heavy (non-hydrogen) atoms. The number of nitrogens with zero attached hydrogens (tertiary/aromatic N) is 5. The zero-order valence-electron chi connectivity index (χ0n) is 58.0. The molecule has 26 heteroatoms. The lowest BCUT2D eigenvalue weighted by atomic mass is 10.0. The number of likely N-dealkylation sites (tertiary alicyclic amines) is 4. The predicted octanol–water partition coefficient (Wildman–Crippen LogP) is 8.47. The molecule has 0 aromatic carbocycles. The van der Waals surface area contributed by atoms with E-state index < -0.39 is 141 Å². The first-order chi connectivity index (χ1) is 38.7. The highest BCUT2D eigenvalue weighted by atomic mass is 16.6. The van der Waals surface area contributed by atoms with Crippen molar-refractivity contribution >= 4 is 74.0 Å². The fourth-order valence-electron chi connectivity index (χ4n) is 8.47. The summed E-state index contributed by atoms with van der Waals surface area (Å²) in [6, 6.07) is -3.78. The van der Waals surface area contributed by atoms with E-state index in [0.29, 0.717) is 0 Å². The van der Waals surface area contributed by atoms with Gasteiger partial charge in [0.2, 0.25) is 0 Å². The van der Waals surface area contributed by atoms with Crippen molar-refractivity contribution in [2.75, 3.05) is 40.3 Å². The number of esters is 4. The summed E-state index contributed by atoms with van der Waals surface area (Å²) in [5.41, 5.74) is -5.28. The summed E-state index contributed by atoms with van der Waals surface area (Å²) in [4.78, 5) is 141. The van der Waals surface area contributed by atoms with Crippen molar-refractivity contribution < 1.29 is 95.7 Å². The van der Waals surface area contributed by atoms with Crippen molar-refractivity contribution in [2.24, 2.45) is 17.8 Å². The lowest BCUT2D eigenvalue weighted by Crippen LogP contribution is -2.47. The molecule has 4 aliphatic heterocycles. The number of carbonyl (C=O) groups is 11. The van der Waals surface area contributed by atoms with Gasteiger partial charge in [-0.05, 0) is 166 Å². The van der Waals surface area contributed by atoms with Crippen LogP contribution in [0.1, 0.15) is 194 Å². The Balaban J connectivity index is 0. The fraction of sp³-hybridized carbons (Fsp3) is 0.794. The maximum absolute atomic E-state index is 12.6. The van der Waals surface area contributed by atoms with E-state index in [1.165, 1.54) is 4.90 Å². The second kappa shape index (κ2) is 31.5. The van der Waals surface area contributed by atoms with Crippen LogP contribution in [0.5, 0.6) is 0 Å². The van der Waals surface area contributed by atoms with E-state index >= 15 is 0 Å². The zero-order valence-corrected chi connectivity index (χ0v) is 58.0. The molecule has 0 unspecified atom stereocenters. The number of aliphatic hydroxyl groups excluding tert-OH is 1. The molecule has 1 N–H and O–H groups in total. The summed E-state index contributed by atoms with van der Waals surface area (Å²) < 4.78 is 42.5. The molecule has 0 saturated carbocycles. The lowest BCUT2D eigenvalue weighted by Gasteiger charge is -2.30. The highest BCUT2D eigenvalue weighted by molar-refractivity contribution is 6.09. The SMILES string of the molecule is C.CN(C)/C=C1/C(=O)CN(C(=O)OC(C)(C)C)[C@@H]1C(=O)OC(C)(C)C.C[C@@H]1C(=O)CN(C(=O)OC(C)(C)C)[C@@H]1C(=O)OC(C)(C)C.C[C@H]1C(=O)CN(C(=O)OC(C)(C)C)[C@@H]1C(=O)OC(C)(C)C.C[C@H]1[C@@H](C(=O)OC(C)(C)C)N(C(=O)OC(C)(C)C)C[C@@H]1O.[B]. The molecule has 0 aromatic heterocycles. The standard InChI is InChI=1S/C17H28N2O5.C15H27NO5.2C15H25NO5.CH4.B/c1-16(2,3)23-14(21)13-11(9-18(7)8)12(20)10-19(13)15(22)24-17(4,5)6;3*1-9-10(17)8-16(13(19)21-15(5,6)7)11(9)12(18)20-14(2,3)4;;/h9,13H,10H2,1-8H3;9-11,17H,8H2,1-7H3;2*9,11H,8H2,1-7H3;1H4;/b11-9-;;;;;/t13-;9-,10+,11+;9-,11+;9-,11-;;/m0110../s1. The van der Waals surface area contributed by atoms with Gasteiger partial charge in [0.15, 0.2) is 23.4 Å². The van der Waals surface area contributed by atoms with Crippen molar-refractivity contribution in [3.05, 3.63) is 11.8 Å². The molecule has 0 aliphatic carbocycles. The van der Waals surface area contributed by atoms with Gasteiger partial charge in [-0.3, -0.25) is 34.0 Å². The van der Waals surface area contributed by atoms with Crippen molar-refractivity contribution in [3.8, 4) is 0 Å². The Bertz CT molecular complexity index is 2460. The molecule has 0 spiro atoms. The van der Waals surface area contributed by atoms with Crippen LogP contribution in [-0.2, 0) is 71.5 Å². The molecule has 0 aromatic rings.